The Labute approximate surface area is 828 Å². The van der Waals surface area contributed by atoms with Crippen LogP contribution in [0.5, 0.6) is 0 Å². The first-order valence-electron chi connectivity index (χ1n) is 47.6. The predicted octanol–water partition coefficient (Wildman–Crippen LogP) is 34.9. The third kappa shape index (κ3) is 13.9. The van der Waals surface area contributed by atoms with Crippen LogP contribution in [0.1, 0.15) is 16.7 Å². The van der Waals surface area contributed by atoms with Gasteiger partial charge in [0.25, 0.3) is 0 Å². The maximum atomic E-state index is 10.4. The molecule has 0 saturated heterocycles. The molecule has 0 bridgehead atoms. The average Bonchev–Trinajstić information content (AvgIpc) is 1.56. The molecule has 27 aromatic rings. The Bertz CT molecular complexity index is 10200. The highest BCUT2D eigenvalue weighted by molar-refractivity contribution is 6.25. The van der Waals surface area contributed by atoms with Crippen LogP contribution in [0.4, 0.5) is 17.1 Å². The maximum Gasteiger partial charge on any atom is 0.205 e. The molecule has 0 radical (unpaired) electrons. The fourth-order valence-corrected chi connectivity index (χ4v) is 22.1. The lowest BCUT2D eigenvalue weighted by molar-refractivity contribution is 1.18. The van der Waals surface area contributed by atoms with Crippen molar-refractivity contribution in [1.82, 2.24) is 27.4 Å². The zero-order valence-corrected chi connectivity index (χ0v) is 77.4. The molecule has 0 aliphatic carbocycles. The number of benzene rings is 21. The zero-order chi connectivity index (χ0) is 96.6. The van der Waals surface area contributed by atoms with Gasteiger partial charge in [-0.1, -0.05) is 291 Å². The molecular formula is C132H78N12. The summed E-state index contributed by atoms with van der Waals surface area (Å²) in [6.07, 6.45) is 0. The second-order valence-corrected chi connectivity index (χ2v) is 35.8. The van der Waals surface area contributed by atoms with Crippen LogP contribution in [0, 0.1) is 53.7 Å². The van der Waals surface area contributed by atoms with Crippen molar-refractivity contribution < 1.29 is 0 Å². The van der Waals surface area contributed by atoms with E-state index in [9.17, 15) is 15.8 Å². The number of fused-ring (bicyclic) bond motifs is 18. The minimum absolute atomic E-state index is 0.353. The quantitative estimate of drug-likeness (QED) is 0.114. The monoisotopic (exact) mass is 1830 g/mol. The molecule has 0 fully saturated rings. The van der Waals surface area contributed by atoms with E-state index in [0.29, 0.717) is 39.3 Å². The molecular weight excluding hydrogens is 1750 g/mol. The van der Waals surface area contributed by atoms with Crippen LogP contribution in [0.3, 0.4) is 0 Å². The van der Waals surface area contributed by atoms with Crippen LogP contribution >= 0.6 is 0 Å². The van der Waals surface area contributed by atoms with E-state index in [0.717, 1.165) is 205 Å². The lowest BCUT2D eigenvalue weighted by atomic mass is 9.87. The smallest absolute Gasteiger partial charge is 0.205 e. The van der Waals surface area contributed by atoms with E-state index in [1.54, 1.807) is 24.3 Å². The molecule has 666 valence electrons. The van der Waals surface area contributed by atoms with Crippen molar-refractivity contribution in [3.63, 3.8) is 0 Å². The van der Waals surface area contributed by atoms with Gasteiger partial charge < -0.3 is 27.4 Å². The summed E-state index contributed by atoms with van der Waals surface area (Å²) in [5, 5.41) is 44.1. The Balaban J connectivity index is 0.000000113. The molecule has 0 N–H and O–H groups in total. The van der Waals surface area contributed by atoms with E-state index in [1.807, 2.05) is 78.9 Å². The molecule has 0 aliphatic heterocycles. The maximum absolute atomic E-state index is 10.4. The summed E-state index contributed by atoms with van der Waals surface area (Å²) in [5.41, 5.74) is 33.9. The van der Waals surface area contributed by atoms with Gasteiger partial charge in [0.2, 0.25) is 5.69 Å². The van der Waals surface area contributed by atoms with E-state index in [2.05, 4.69) is 430 Å². The summed E-state index contributed by atoms with van der Waals surface area (Å²) in [5.74, 6) is 0. The fraction of sp³-hybridized carbons (Fsp3) is 0. The van der Waals surface area contributed by atoms with Crippen molar-refractivity contribution in [3.05, 3.63) is 524 Å². The summed E-state index contributed by atoms with van der Waals surface area (Å²) in [7, 11) is 0. The normalized spacial score (nSPS) is 11.3. The second kappa shape index (κ2) is 35.5. The highest BCUT2D eigenvalue weighted by Crippen LogP contribution is 2.53. The number of hydrogen-bond donors (Lipinski definition) is 0. The van der Waals surface area contributed by atoms with Crippen molar-refractivity contribution in [2.75, 3.05) is 0 Å². The molecule has 0 aliphatic rings. The average molecular weight is 1830 g/mol. The van der Waals surface area contributed by atoms with Gasteiger partial charge in [-0.2, -0.15) is 15.8 Å². The van der Waals surface area contributed by atoms with E-state index in [4.69, 9.17) is 19.7 Å². The standard InChI is InChI=1S/3C44H26N4/c1-46-37-20-12-13-30(28-45)42(37)44-33(24-26-41-43(44)35-19-9-11-22-39(35)48(41)32-16-6-3-7-17-32)29-23-25-40-36(27-29)34-18-8-10-21-38(34)47(40)31-14-4-2-5-15-31;1-46-31-22-20-30(28-45)37(27-31)43-34(23-25-42-44(43)36-17-9-11-19-40(36)48(42)33-14-6-3-7-15-33)29-21-24-41-38(26-29)35-16-8-10-18-39(35)47(41)32-12-4-2-5-13-32;1-46-38-27-30(20-21-31(38)28-45)43-34(23-25-42-44(43)36-17-9-11-19-40(36)48(42)33-14-6-3-7-15-33)29-22-24-41-37(26-29)35-16-8-10-18-39(35)47(41)32-12-4-2-5-13-32/h3*2-27H. The first kappa shape index (κ1) is 85.1. The van der Waals surface area contributed by atoms with Gasteiger partial charge >= 0.3 is 0 Å². The van der Waals surface area contributed by atoms with Gasteiger partial charge in [0.15, 0.2) is 11.4 Å². The Kier molecular flexibility index (Phi) is 21.0. The van der Waals surface area contributed by atoms with Crippen LogP contribution in [0.2, 0.25) is 0 Å². The van der Waals surface area contributed by atoms with Gasteiger partial charge in [-0.3, -0.25) is 0 Å². The Morgan fingerprint density at radius 2 is 0.458 bits per heavy atom. The van der Waals surface area contributed by atoms with E-state index < -0.39 is 0 Å². The highest BCUT2D eigenvalue weighted by atomic mass is 15.0. The third-order valence-corrected chi connectivity index (χ3v) is 28.1. The predicted molar refractivity (Wildman–Crippen MR) is 591 cm³/mol. The first-order chi connectivity index (χ1) is 71.3. The number of nitrogens with zero attached hydrogens (tertiary/aromatic N) is 12. The lowest BCUT2D eigenvalue weighted by Gasteiger charge is -2.17. The summed E-state index contributed by atoms with van der Waals surface area (Å²) in [4.78, 5) is 11.5. The fourth-order valence-electron chi connectivity index (χ4n) is 22.1. The van der Waals surface area contributed by atoms with Crippen molar-refractivity contribution in [1.29, 1.82) is 15.8 Å². The van der Waals surface area contributed by atoms with Crippen LogP contribution in [-0.4, -0.2) is 27.4 Å². The summed E-state index contributed by atoms with van der Waals surface area (Å²) in [6.45, 7) is 23.9. The molecule has 0 amide bonds. The van der Waals surface area contributed by atoms with Crippen LogP contribution in [-0.2, 0) is 0 Å². The van der Waals surface area contributed by atoms with Crippen LogP contribution < -0.4 is 0 Å². The second-order valence-electron chi connectivity index (χ2n) is 35.8. The van der Waals surface area contributed by atoms with Crippen LogP contribution in [0.25, 0.3) is 246 Å². The Hall–Kier alpha value is -20.6. The van der Waals surface area contributed by atoms with Crippen molar-refractivity contribution in [2.24, 2.45) is 0 Å². The molecule has 27 rings (SSSR count). The van der Waals surface area contributed by atoms with Gasteiger partial charge in [-0.25, -0.2) is 14.5 Å². The number of hydrogen-bond acceptors (Lipinski definition) is 3. The topological polar surface area (TPSA) is 114 Å². The molecule has 0 atom stereocenters. The van der Waals surface area contributed by atoms with Crippen molar-refractivity contribution in [3.8, 4) is 119 Å². The SMILES string of the molecule is [C-]#[N+]c1cc(-c2c(-c3ccc4c(c3)c3ccccc3n4-c3ccccc3)ccc3c2c2ccccc2n3-c2ccccc2)ccc1C#N.[C-]#[N+]c1ccc(C#N)c(-c2c(-c3ccc4c(c3)c3ccccc3n4-c3ccccc3)ccc3c2c2ccccc2n3-c2ccccc2)c1.[C-]#[N+]c1cccc(C#N)c1-c1c(-c2ccc3c(c2)c2ccccc2n3-c2ccccc2)ccc2c1c1ccccc1n2-c1ccccc1. The molecule has 21 aromatic carbocycles. The van der Waals surface area contributed by atoms with Gasteiger partial charge in [0, 0.05) is 110 Å². The lowest BCUT2D eigenvalue weighted by Crippen LogP contribution is -1.95. The summed E-state index contributed by atoms with van der Waals surface area (Å²) < 4.78 is 13.8. The third-order valence-electron chi connectivity index (χ3n) is 28.1. The van der Waals surface area contributed by atoms with E-state index in [1.165, 1.54) is 21.5 Å². The first-order valence-corrected chi connectivity index (χ1v) is 47.6. The number of nitriles is 3. The zero-order valence-electron chi connectivity index (χ0n) is 77.4. The molecule has 0 unspecified atom stereocenters. The Morgan fingerprint density at radius 1 is 0.174 bits per heavy atom. The van der Waals surface area contributed by atoms with Gasteiger partial charge in [0.05, 0.1) is 115 Å². The van der Waals surface area contributed by atoms with Gasteiger partial charge in [0.1, 0.15) is 0 Å². The van der Waals surface area contributed by atoms with Crippen LogP contribution in [0.15, 0.2) is 473 Å². The van der Waals surface area contributed by atoms with E-state index in [-0.39, 0.29) is 0 Å². The minimum atomic E-state index is 0.353. The van der Waals surface area contributed by atoms with Crippen molar-refractivity contribution >= 4 is 148 Å². The molecule has 0 saturated carbocycles. The molecule has 144 heavy (non-hydrogen) atoms. The molecule has 6 aromatic heterocycles. The number of para-hydroxylation sites is 12. The Morgan fingerprint density at radius 3 is 0.812 bits per heavy atom. The molecule has 0 spiro atoms. The highest BCUT2D eigenvalue weighted by Gasteiger charge is 2.29. The van der Waals surface area contributed by atoms with Gasteiger partial charge in [-0.05, 0) is 243 Å². The van der Waals surface area contributed by atoms with Gasteiger partial charge in [-0.15, -0.1) is 0 Å². The molecule has 6 heterocycles. The minimum Gasteiger partial charge on any atom is -0.309 e. The number of rotatable bonds is 12. The van der Waals surface area contributed by atoms with E-state index >= 15 is 0 Å². The largest absolute Gasteiger partial charge is 0.309 e. The summed E-state index contributed by atoms with van der Waals surface area (Å²) >= 11 is 0. The summed E-state index contributed by atoms with van der Waals surface area (Å²) in [6, 6.07) is 170. The molecule has 12 nitrogen and oxygen atoms in total. The number of aromatic nitrogens is 6. The van der Waals surface area contributed by atoms with Crippen molar-refractivity contribution in [2.45, 2.75) is 0 Å². The molecule has 12 heteroatoms.